The molecule has 6 heteroatoms. The molecule has 0 saturated heterocycles. The van der Waals surface area contributed by atoms with Crippen LogP contribution in [0.1, 0.15) is 52.4 Å². The Kier molecular flexibility index (Phi) is 6.78. The second-order valence-corrected chi connectivity index (χ2v) is 5.97. The normalized spacial score (nSPS) is 16.7. The van der Waals surface area contributed by atoms with Crippen molar-refractivity contribution < 1.29 is 19.4 Å². The van der Waals surface area contributed by atoms with Gasteiger partial charge in [-0.15, -0.1) is 0 Å². The maximum absolute atomic E-state index is 11.6. The lowest BCUT2D eigenvalue weighted by Gasteiger charge is -2.25. The van der Waals surface area contributed by atoms with Crippen molar-refractivity contribution in [3.63, 3.8) is 0 Å². The molecule has 0 aliphatic heterocycles. The molecule has 0 bridgehead atoms. The Labute approximate surface area is 120 Å². The summed E-state index contributed by atoms with van der Waals surface area (Å²) in [4.78, 5) is 22.3. The van der Waals surface area contributed by atoms with E-state index in [1.165, 1.54) is 19.3 Å². The minimum atomic E-state index is -0.934. The fourth-order valence-corrected chi connectivity index (χ4v) is 2.40. The third-order valence-corrected chi connectivity index (χ3v) is 3.34. The molecule has 1 rings (SSSR count). The molecule has 0 unspecified atom stereocenters. The number of carboxylic acid groups (broad SMARTS) is 1. The number of urea groups is 1. The van der Waals surface area contributed by atoms with Crippen LogP contribution in [0.4, 0.5) is 4.79 Å². The summed E-state index contributed by atoms with van der Waals surface area (Å²) in [6.07, 6.45) is 6.18. The molecule has 0 heterocycles. The molecule has 3 N–H and O–H groups in total. The minimum Gasteiger partial charge on any atom is -0.481 e. The van der Waals surface area contributed by atoms with Crippen molar-refractivity contribution >= 4 is 12.0 Å². The van der Waals surface area contributed by atoms with E-state index in [2.05, 4.69) is 10.6 Å². The number of nitrogens with one attached hydrogen (secondary N) is 2. The summed E-state index contributed by atoms with van der Waals surface area (Å²) in [6, 6.07) is -0.358. The van der Waals surface area contributed by atoms with E-state index in [1.54, 1.807) is 13.8 Å². The molecule has 1 fully saturated rings. The van der Waals surface area contributed by atoms with Crippen molar-refractivity contribution in [2.75, 3.05) is 13.2 Å². The van der Waals surface area contributed by atoms with Crippen LogP contribution < -0.4 is 10.6 Å². The molecule has 0 atom stereocenters. The van der Waals surface area contributed by atoms with Crippen molar-refractivity contribution in [3.8, 4) is 0 Å². The Hall–Kier alpha value is -1.30. The highest BCUT2D eigenvalue weighted by Crippen LogP contribution is 2.19. The van der Waals surface area contributed by atoms with Crippen molar-refractivity contribution in [1.82, 2.24) is 10.6 Å². The lowest BCUT2D eigenvalue weighted by molar-refractivity contribution is -0.138. The van der Waals surface area contributed by atoms with E-state index in [1.807, 2.05) is 0 Å². The van der Waals surface area contributed by atoms with E-state index in [0.29, 0.717) is 19.3 Å². The zero-order valence-electron chi connectivity index (χ0n) is 12.4. The van der Waals surface area contributed by atoms with Crippen molar-refractivity contribution in [2.24, 2.45) is 0 Å². The van der Waals surface area contributed by atoms with Gasteiger partial charge in [-0.25, -0.2) is 4.79 Å². The number of carbonyl (C=O) groups excluding carboxylic acids is 1. The van der Waals surface area contributed by atoms with Crippen LogP contribution in [0.2, 0.25) is 0 Å². The largest absolute Gasteiger partial charge is 0.481 e. The Morgan fingerprint density at radius 2 is 1.90 bits per heavy atom. The standard InChI is InChI=1S/C14H26N2O4/c1-14(2,10-12(17)18)16-13(19)15-8-9-20-11-6-4-3-5-7-11/h11H,3-10H2,1-2H3,(H,17,18)(H2,15,16,19). The zero-order valence-corrected chi connectivity index (χ0v) is 12.4. The van der Waals surface area contributed by atoms with Crippen LogP contribution in [0.15, 0.2) is 0 Å². The smallest absolute Gasteiger partial charge is 0.315 e. The summed E-state index contributed by atoms with van der Waals surface area (Å²) in [6.45, 7) is 4.29. The molecule has 1 aliphatic carbocycles. The maximum Gasteiger partial charge on any atom is 0.315 e. The summed E-state index contributed by atoms with van der Waals surface area (Å²) in [5.74, 6) is -0.934. The molecular weight excluding hydrogens is 260 g/mol. The minimum absolute atomic E-state index is 0.112. The summed E-state index contributed by atoms with van der Waals surface area (Å²) in [5.41, 5.74) is -0.764. The summed E-state index contributed by atoms with van der Waals surface area (Å²) in [7, 11) is 0. The predicted molar refractivity (Wildman–Crippen MR) is 75.7 cm³/mol. The van der Waals surface area contributed by atoms with E-state index in [0.717, 1.165) is 12.8 Å². The molecular formula is C14H26N2O4. The van der Waals surface area contributed by atoms with Gasteiger partial charge in [0.1, 0.15) is 0 Å². The van der Waals surface area contributed by atoms with Crippen LogP contribution in [0.5, 0.6) is 0 Å². The molecule has 0 aromatic heterocycles. The number of aliphatic carboxylic acids is 1. The quantitative estimate of drug-likeness (QED) is 0.624. The van der Waals surface area contributed by atoms with Crippen molar-refractivity contribution in [3.05, 3.63) is 0 Å². The van der Waals surface area contributed by atoms with Gasteiger partial charge >= 0.3 is 12.0 Å². The number of amides is 2. The van der Waals surface area contributed by atoms with Crippen LogP contribution in [-0.2, 0) is 9.53 Å². The highest BCUT2D eigenvalue weighted by atomic mass is 16.5. The van der Waals surface area contributed by atoms with E-state index in [4.69, 9.17) is 9.84 Å². The molecule has 2 amide bonds. The van der Waals surface area contributed by atoms with Gasteiger partial charge in [0.2, 0.25) is 0 Å². The first kappa shape index (κ1) is 16.8. The highest BCUT2D eigenvalue weighted by molar-refractivity contribution is 5.76. The fourth-order valence-electron chi connectivity index (χ4n) is 2.40. The van der Waals surface area contributed by atoms with E-state index < -0.39 is 11.5 Å². The number of carboxylic acids is 1. The Bertz CT molecular complexity index is 325. The van der Waals surface area contributed by atoms with Crippen molar-refractivity contribution in [1.29, 1.82) is 0 Å². The average molecular weight is 286 g/mol. The first-order chi connectivity index (χ1) is 9.39. The topological polar surface area (TPSA) is 87.7 Å². The predicted octanol–water partition coefficient (Wildman–Crippen LogP) is 1.89. The van der Waals surface area contributed by atoms with Gasteiger partial charge in [-0.05, 0) is 26.7 Å². The van der Waals surface area contributed by atoms with Gasteiger partial charge in [-0.3, -0.25) is 4.79 Å². The van der Waals surface area contributed by atoms with Crippen LogP contribution in [0, 0.1) is 0 Å². The molecule has 1 saturated carbocycles. The Morgan fingerprint density at radius 3 is 2.50 bits per heavy atom. The van der Waals surface area contributed by atoms with Crippen LogP contribution in [0.3, 0.4) is 0 Å². The number of hydrogen-bond donors (Lipinski definition) is 3. The molecule has 116 valence electrons. The molecule has 1 aliphatic rings. The van der Waals surface area contributed by atoms with Gasteiger partial charge in [0.05, 0.1) is 19.1 Å². The molecule has 0 aromatic carbocycles. The van der Waals surface area contributed by atoms with Gasteiger partial charge in [-0.2, -0.15) is 0 Å². The number of rotatable bonds is 7. The van der Waals surface area contributed by atoms with Gasteiger partial charge in [0, 0.05) is 12.1 Å². The molecule has 6 nitrogen and oxygen atoms in total. The van der Waals surface area contributed by atoms with Gasteiger partial charge in [-0.1, -0.05) is 19.3 Å². The second-order valence-electron chi connectivity index (χ2n) is 5.97. The van der Waals surface area contributed by atoms with Gasteiger partial charge in [0.25, 0.3) is 0 Å². The highest BCUT2D eigenvalue weighted by Gasteiger charge is 2.23. The average Bonchev–Trinajstić information content (AvgIpc) is 2.33. The zero-order chi connectivity index (χ0) is 15.0. The van der Waals surface area contributed by atoms with Crippen LogP contribution >= 0.6 is 0 Å². The van der Waals surface area contributed by atoms with Gasteiger partial charge in [0.15, 0.2) is 0 Å². The van der Waals surface area contributed by atoms with E-state index >= 15 is 0 Å². The lowest BCUT2D eigenvalue weighted by atomic mass is 9.98. The monoisotopic (exact) mass is 286 g/mol. The number of ether oxygens (including phenoxy) is 1. The second kappa shape index (κ2) is 8.09. The van der Waals surface area contributed by atoms with Gasteiger partial charge < -0.3 is 20.5 Å². The van der Waals surface area contributed by atoms with E-state index in [-0.39, 0.29) is 12.5 Å². The first-order valence-corrected chi connectivity index (χ1v) is 7.28. The molecule has 0 spiro atoms. The molecule has 0 aromatic rings. The Balaban J connectivity index is 2.11. The third kappa shape index (κ3) is 7.33. The molecule has 20 heavy (non-hydrogen) atoms. The van der Waals surface area contributed by atoms with Crippen LogP contribution in [-0.4, -0.2) is 41.9 Å². The summed E-state index contributed by atoms with van der Waals surface area (Å²) in [5, 5.41) is 14.1. The van der Waals surface area contributed by atoms with E-state index in [9.17, 15) is 9.59 Å². The fraction of sp³-hybridized carbons (Fsp3) is 0.857. The van der Waals surface area contributed by atoms with Crippen LogP contribution in [0.25, 0.3) is 0 Å². The first-order valence-electron chi connectivity index (χ1n) is 7.28. The lowest BCUT2D eigenvalue weighted by Crippen LogP contribution is -2.50. The third-order valence-electron chi connectivity index (χ3n) is 3.34. The number of carbonyl (C=O) groups is 2. The maximum atomic E-state index is 11.6. The van der Waals surface area contributed by atoms with Crippen molar-refractivity contribution in [2.45, 2.75) is 64.0 Å². The summed E-state index contributed by atoms with van der Waals surface area (Å²) < 4.78 is 5.69. The SMILES string of the molecule is CC(C)(CC(=O)O)NC(=O)NCCOC1CCCCC1. The molecule has 0 radical (unpaired) electrons. The summed E-state index contributed by atoms with van der Waals surface area (Å²) >= 11 is 0. The Morgan fingerprint density at radius 1 is 1.25 bits per heavy atom. The number of hydrogen-bond acceptors (Lipinski definition) is 3.